The molecule has 0 saturated heterocycles. The molecule has 1 aromatic heterocycles. The molecule has 0 spiro atoms. The van der Waals surface area contributed by atoms with Gasteiger partial charge in [0.05, 0.1) is 0 Å². The second kappa shape index (κ2) is 5.29. The fraction of sp³-hybridized carbons (Fsp3) is 0.438. The summed E-state index contributed by atoms with van der Waals surface area (Å²) in [5.74, 6) is 0.198. The van der Waals surface area contributed by atoms with Crippen LogP contribution < -0.4 is 5.32 Å². The number of benzene rings is 1. The summed E-state index contributed by atoms with van der Waals surface area (Å²) in [4.78, 5) is 14.1. The van der Waals surface area contributed by atoms with Crippen LogP contribution in [0.5, 0.6) is 0 Å². The van der Waals surface area contributed by atoms with Crippen LogP contribution >= 0.6 is 0 Å². The van der Waals surface area contributed by atoms with Crippen LogP contribution in [0.2, 0.25) is 0 Å². The molecule has 0 atom stereocenters. The van der Waals surface area contributed by atoms with Crippen molar-refractivity contribution in [2.75, 3.05) is 14.1 Å². The normalized spacial score (nSPS) is 14.7. The van der Waals surface area contributed by atoms with Crippen molar-refractivity contribution < 1.29 is 4.79 Å². The zero-order valence-corrected chi connectivity index (χ0v) is 12.1. The van der Waals surface area contributed by atoms with Gasteiger partial charge in [-0.25, -0.2) is 0 Å². The van der Waals surface area contributed by atoms with Crippen LogP contribution in [-0.4, -0.2) is 35.5 Å². The molecular weight excluding hydrogens is 250 g/mol. The van der Waals surface area contributed by atoms with Gasteiger partial charge < -0.3 is 14.8 Å². The van der Waals surface area contributed by atoms with Crippen LogP contribution in [0.1, 0.15) is 18.4 Å². The molecule has 0 radical (unpaired) electrons. The molecule has 0 unspecified atom stereocenters. The zero-order valence-electron chi connectivity index (χ0n) is 12.1. The minimum atomic E-state index is 0.198. The maximum Gasteiger partial charge on any atom is 0.242 e. The SMILES string of the molecule is CNCc1cccc2c1ccn2CC(=O)N(C)C1CC1. The van der Waals surface area contributed by atoms with Gasteiger partial charge in [-0.15, -0.1) is 0 Å². The standard InChI is InChI=1S/C16H21N3O/c1-17-10-12-4-3-5-15-14(12)8-9-19(15)11-16(20)18(2)13-6-7-13/h3-5,8-9,13,17H,6-7,10-11H2,1-2H3. The number of carbonyl (C=O) groups excluding carboxylic acids is 1. The van der Waals surface area contributed by atoms with E-state index in [4.69, 9.17) is 0 Å². The van der Waals surface area contributed by atoms with Crippen LogP contribution in [-0.2, 0) is 17.9 Å². The summed E-state index contributed by atoms with van der Waals surface area (Å²) in [6.45, 7) is 1.27. The van der Waals surface area contributed by atoms with Gasteiger partial charge in [0, 0.05) is 36.7 Å². The van der Waals surface area contributed by atoms with E-state index in [1.165, 1.54) is 10.9 Å². The van der Waals surface area contributed by atoms with Gasteiger partial charge in [-0.2, -0.15) is 0 Å². The molecule has 1 heterocycles. The van der Waals surface area contributed by atoms with Crippen molar-refractivity contribution in [3.8, 4) is 0 Å². The number of nitrogens with zero attached hydrogens (tertiary/aromatic N) is 2. The Morgan fingerprint density at radius 2 is 2.20 bits per heavy atom. The van der Waals surface area contributed by atoms with Crippen molar-refractivity contribution in [3.05, 3.63) is 36.0 Å². The third kappa shape index (κ3) is 2.43. The lowest BCUT2D eigenvalue weighted by atomic mass is 10.1. The fourth-order valence-corrected chi connectivity index (χ4v) is 2.69. The van der Waals surface area contributed by atoms with Crippen molar-refractivity contribution in [2.45, 2.75) is 32.0 Å². The van der Waals surface area contributed by atoms with Gasteiger partial charge in [-0.1, -0.05) is 12.1 Å². The lowest BCUT2D eigenvalue weighted by molar-refractivity contribution is -0.130. The summed E-state index contributed by atoms with van der Waals surface area (Å²) < 4.78 is 2.05. The van der Waals surface area contributed by atoms with E-state index >= 15 is 0 Å². The van der Waals surface area contributed by atoms with E-state index < -0.39 is 0 Å². The third-order valence-electron chi connectivity index (χ3n) is 4.06. The molecule has 4 nitrogen and oxygen atoms in total. The number of amides is 1. The van der Waals surface area contributed by atoms with E-state index in [0.717, 1.165) is 24.9 Å². The zero-order chi connectivity index (χ0) is 14.1. The van der Waals surface area contributed by atoms with E-state index in [1.807, 2.05) is 25.2 Å². The first-order valence-electron chi connectivity index (χ1n) is 7.17. The van der Waals surface area contributed by atoms with Crippen LogP contribution in [0.4, 0.5) is 0 Å². The van der Waals surface area contributed by atoms with Crippen LogP contribution in [0.3, 0.4) is 0 Å². The average molecular weight is 271 g/mol. The molecule has 1 saturated carbocycles. The minimum absolute atomic E-state index is 0.198. The summed E-state index contributed by atoms with van der Waals surface area (Å²) in [6.07, 6.45) is 4.32. The first-order chi connectivity index (χ1) is 9.70. The second-order valence-corrected chi connectivity index (χ2v) is 5.56. The predicted molar refractivity (Wildman–Crippen MR) is 80.5 cm³/mol. The van der Waals surface area contributed by atoms with Gasteiger partial charge in [-0.3, -0.25) is 4.79 Å². The number of rotatable bonds is 5. The lowest BCUT2D eigenvalue weighted by Gasteiger charge is -2.17. The minimum Gasteiger partial charge on any atom is -0.341 e. The second-order valence-electron chi connectivity index (χ2n) is 5.56. The Balaban J connectivity index is 1.85. The van der Waals surface area contributed by atoms with Crippen molar-refractivity contribution >= 4 is 16.8 Å². The number of nitrogens with one attached hydrogen (secondary N) is 1. The molecule has 1 aromatic carbocycles. The van der Waals surface area contributed by atoms with Gasteiger partial charge in [0.2, 0.25) is 5.91 Å². The Bertz CT molecular complexity index is 628. The third-order valence-corrected chi connectivity index (χ3v) is 4.06. The van der Waals surface area contributed by atoms with Crippen LogP contribution in [0.15, 0.2) is 30.5 Å². The summed E-state index contributed by atoms with van der Waals surface area (Å²) in [7, 11) is 3.86. The van der Waals surface area contributed by atoms with E-state index in [1.54, 1.807) is 0 Å². The Hall–Kier alpha value is -1.81. The molecule has 3 rings (SSSR count). The quantitative estimate of drug-likeness (QED) is 0.903. The maximum atomic E-state index is 12.2. The monoisotopic (exact) mass is 271 g/mol. The van der Waals surface area contributed by atoms with Gasteiger partial charge in [0.25, 0.3) is 0 Å². The van der Waals surface area contributed by atoms with Gasteiger partial charge in [-0.05, 0) is 37.6 Å². The molecule has 106 valence electrons. The molecule has 20 heavy (non-hydrogen) atoms. The highest BCUT2D eigenvalue weighted by Crippen LogP contribution is 2.26. The number of aromatic nitrogens is 1. The van der Waals surface area contributed by atoms with Crippen molar-refractivity contribution in [3.63, 3.8) is 0 Å². The number of fused-ring (bicyclic) bond motifs is 1. The first-order valence-corrected chi connectivity index (χ1v) is 7.17. The Kier molecular flexibility index (Phi) is 3.49. The molecule has 0 aliphatic heterocycles. The smallest absolute Gasteiger partial charge is 0.242 e. The Labute approximate surface area is 119 Å². The van der Waals surface area contributed by atoms with Gasteiger partial charge in [0.1, 0.15) is 6.54 Å². The van der Waals surface area contributed by atoms with Crippen LogP contribution in [0.25, 0.3) is 10.9 Å². The van der Waals surface area contributed by atoms with E-state index in [9.17, 15) is 4.79 Å². The van der Waals surface area contributed by atoms with Gasteiger partial charge in [0.15, 0.2) is 0 Å². The number of hydrogen-bond donors (Lipinski definition) is 1. The summed E-state index contributed by atoms with van der Waals surface area (Å²) in [5.41, 5.74) is 2.40. The molecule has 1 amide bonds. The van der Waals surface area contributed by atoms with Crippen LogP contribution in [0, 0.1) is 0 Å². The summed E-state index contributed by atoms with van der Waals surface area (Å²) in [5, 5.41) is 4.41. The Morgan fingerprint density at radius 1 is 1.40 bits per heavy atom. The van der Waals surface area contributed by atoms with E-state index in [2.05, 4.69) is 34.1 Å². The largest absolute Gasteiger partial charge is 0.341 e. The lowest BCUT2D eigenvalue weighted by Crippen LogP contribution is -2.31. The van der Waals surface area contributed by atoms with Gasteiger partial charge >= 0.3 is 0 Å². The van der Waals surface area contributed by atoms with Crippen molar-refractivity contribution in [1.29, 1.82) is 0 Å². The highest BCUT2D eigenvalue weighted by atomic mass is 16.2. The molecule has 4 heteroatoms. The highest BCUT2D eigenvalue weighted by molar-refractivity contribution is 5.86. The van der Waals surface area contributed by atoms with Crippen molar-refractivity contribution in [1.82, 2.24) is 14.8 Å². The molecular formula is C16H21N3O. The molecule has 1 aliphatic rings. The first kappa shape index (κ1) is 13.2. The maximum absolute atomic E-state index is 12.2. The molecule has 2 aromatic rings. The highest BCUT2D eigenvalue weighted by Gasteiger charge is 2.29. The molecule has 1 aliphatic carbocycles. The number of likely N-dealkylation sites (N-methyl/N-ethyl adjacent to an activating group) is 1. The topological polar surface area (TPSA) is 37.3 Å². The van der Waals surface area contributed by atoms with E-state index in [0.29, 0.717) is 12.6 Å². The molecule has 1 N–H and O–H groups in total. The summed E-state index contributed by atoms with van der Waals surface area (Å²) >= 11 is 0. The fourth-order valence-electron chi connectivity index (χ4n) is 2.69. The molecule has 1 fully saturated rings. The Morgan fingerprint density at radius 3 is 2.90 bits per heavy atom. The average Bonchev–Trinajstić information content (AvgIpc) is 3.22. The number of hydrogen-bond acceptors (Lipinski definition) is 2. The van der Waals surface area contributed by atoms with E-state index in [-0.39, 0.29) is 5.91 Å². The van der Waals surface area contributed by atoms with Crippen molar-refractivity contribution in [2.24, 2.45) is 0 Å². The summed E-state index contributed by atoms with van der Waals surface area (Å²) in [6, 6.07) is 8.84. The predicted octanol–water partition coefficient (Wildman–Crippen LogP) is 1.98. The number of carbonyl (C=O) groups is 1. The molecule has 0 bridgehead atoms.